The van der Waals surface area contributed by atoms with Gasteiger partial charge in [-0.05, 0) is 111 Å². The highest BCUT2D eigenvalue weighted by molar-refractivity contribution is 6.01. The van der Waals surface area contributed by atoms with E-state index in [1.165, 1.54) is 68.3 Å². The van der Waals surface area contributed by atoms with E-state index in [1.54, 1.807) is 110 Å². The Morgan fingerprint density at radius 2 is 0.917 bits per heavy atom. The number of carboxylic acids is 3. The van der Waals surface area contributed by atoms with E-state index in [-0.39, 0.29) is 56.4 Å². The number of rotatable bonds is 51. The van der Waals surface area contributed by atoms with Crippen molar-refractivity contribution in [1.82, 2.24) is 83.7 Å². The van der Waals surface area contributed by atoms with Gasteiger partial charge in [-0.15, -0.1) is 0 Å². The maximum atomic E-state index is 14.9. The highest BCUT2D eigenvalue weighted by atomic mass is 16.4. The second-order valence-corrected chi connectivity index (χ2v) is 30.6. The maximum Gasteiger partial charge on any atom is 0.326 e. The summed E-state index contributed by atoms with van der Waals surface area (Å²) in [5, 5.41) is 74.0. The Kier molecular flexibility index (Phi) is 39.4. The number of nitrogens with two attached hydrogens (primary N) is 1. The largest absolute Gasteiger partial charge is 0.508 e. The minimum Gasteiger partial charge on any atom is -0.508 e. The van der Waals surface area contributed by atoms with Crippen molar-refractivity contribution in [2.45, 2.75) is 238 Å². The monoisotopic (exact) mass is 1670 g/mol. The number of imidazole rings is 1. The molecule has 654 valence electrons. The number of amides is 13. The summed E-state index contributed by atoms with van der Waals surface area (Å²) in [7, 11) is 0. The molecule has 5 aromatic rings. The van der Waals surface area contributed by atoms with Crippen LogP contribution in [0.4, 0.5) is 0 Å². The number of hydrogen-bond acceptors (Lipinski definition) is 20. The molecule has 0 aliphatic carbocycles. The van der Waals surface area contributed by atoms with Gasteiger partial charge in [-0.3, -0.25) is 81.3 Å². The van der Waals surface area contributed by atoms with Crippen LogP contribution in [0.1, 0.15) is 156 Å². The van der Waals surface area contributed by atoms with Crippen molar-refractivity contribution in [3.8, 4) is 5.75 Å². The standard InChI is InChI=1S/C82H115N17O21/c1-12-45(7)68(80(117)95-63(82(119)120)36-52-40-99(42-100)64-25-18-17-23-55(52)64)98-81(118)69(46(8)13-2)97-78(115)62(38-66(105)106)93-75(112)58(33-43(3)4)91-77(114)61(37-53-39-84-41-85-53)90-70(107)47(9)87-74(111)59(34-50-21-15-14-16-22-50)92-76(113)60(35-51-26-28-54(102)29-27-51)94-79(116)67(44(5)6)96-71(108)48(10)86-72(109)57(30-31-65(103)104)89-73(110)56(88-49(11)101)24-19-20-32-83/h14-18,21-23,25-29,39-48,56-63,67-69,102H,12-13,19-20,24,30-38,83H2,1-11H3,(H,84,85)(H,86,109)(H,87,111)(H,88,101)(H,89,110)(H,90,107)(H,91,114)(H,92,113)(H,93,112)(H,94,116)(H,95,117)(H,96,108)(H,97,115)(H,98,118)(H,103,104)(H,105,106)(H,119,120)/t45-,46-,47-,48-,56-,57-,58-,59-,60-,61-,62-,63-,67-,68-,69-/m0/s1. The molecule has 0 unspecified atom stereocenters. The molecule has 0 spiro atoms. The van der Waals surface area contributed by atoms with Gasteiger partial charge in [0.2, 0.25) is 83.2 Å². The summed E-state index contributed by atoms with van der Waals surface area (Å²) in [6.07, 6.45) is 2.98. The second-order valence-electron chi connectivity index (χ2n) is 30.6. The van der Waals surface area contributed by atoms with Crippen LogP contribution in [0.2, 0.25) is 0 Å². The Bertz CT molecular complexity index is 4370. The zero-order valence-electron chi connectivity index (χ0n) is 69.2. The smallest absolute Gasteiger partial charge is 0.326 e. The molecule has 2 heterocycles. The van der Waals surface area contributed by atoms with Crippen molar-refractivity contribution in [2.75, 3.05) is 6.54 Å². The molecule has 13 amide bonds. The molecule has 0 bridgehead atoms. The number of carbonyl (C=O) groups excluding carboxylic acids is 14. The highest BCUT2D eigenvalue weighted by Crippen LogP contribution is 2.23. The molecule has 0 radical (unpaired) electrons. The molecular weight excluding hydrogens is 1560 g/mol. The first-order chi connectivity index (χ1) is 56.8. The molecule has 15 atom stereocenters. The zero-order chi connectivity index (χ0) is 89.2. The minimum absolute atomic E-state index is 0.138. The van der Waals surface area contributed by atoms with Crippen LogP contribution in [0.15, 0.2) is 97.6 Å². The molecule has 2 aromatic heterocycles. The molecule has 0 saturated carbocycles. The fourth-order valence-corrected chi connectivity index (χ4v) is 12.9. The number of H-pyrrole nitrogens is 1. The van der Waals surface area contributed by atoms with E-state index >= 15 is 0 Å². The van der Waals surface area contributed by atoms with Crippen LogP contribution < -0.4 is 74.9 Å². The highest BCUT2D eigenvalue weighted by Gasteiger charge is 2.40. The van der Waals surface area contributed by atoms with Crippen LogP contribution in [-0.4, -0.2) is 221 Å². The summed E-state index contributed by atoms with van der Waals surface area (Å²) in [6, 6.07) is 1.02. The predicted molar refractivity (Wildman–Crippen MR) is 437 cm³/mol. The van der Waals surface area contributed by atoms with Gasteiger partial charge in [0.05, 0.1) is 24.0 Å². The minimum atomic E-state index is -1.92. The van der Waals surface area contributed by atoms with Crippen molar-refractivity contribution < 1.29 is 102 Å². The number of unbranched alkanes of at least 4 members (excludes halogenated alkanes) is 1. The number of nitrogens with zero attached hydrogens (tertiary/aromatic N) is 2. The van der Waals surface area contributed by atoms with Crippen LogP contribution in [0.3, 0.4) is 0 Å². The molecule has 0 saturated heterocycles. The Morgan fingerprint density at radius 1 is 0.467 bits per heavy atom. The Labute approximate surface area is 694 Å². The lowest BCUT2D eigenvalue weighted by Gasteiger charge is -2.31. The van der Waals surface area contributed by atoms with Gasteiger partial charge < -0.3 is 100 Å². The lowest BCUT2D eigenvalue weighted by atomic mass is 9.94. The van der Waals surface area contributed by atoms with Gasteiger partial charge >= 0.3 is 17.9 Å². The first-order valence-electron chi connectivity index (χ1n) is 39.9. The Hall–Kier alpha value is -12.6. The number of nitrogens with one attached hydrogen (secondary N) is 14. The fraction of sp³-hybridized carbons (Fsp3) is 0.512. The van der Waals surface area contributed by atoms with Crippen molar-refractivity contribution in [2.24, 2.45) is 29.4 Å². The molecule has 0 aliphatic heterocycles. The van der Waals surface area contributed by atoms with Crippen molar-refractivity contribution in [1.29, 1.82) is 0 Å². The summed E-state index contributed by atoms with van der Waals surface area (Å²) in [5.41, 5.74) is 7.67. The van der Waals surface area contributed by atoms with Crippen LogP contribution in [0, 0.1) is 23.7 Å². The quantitative estimate of drug-likeness (QED) is 0.0181. The fourth-order valence-electron chi connectivity index (χ4n) is 12.9. The number of aromatic nitrogens is 3. The normalized spacial score (nSPS) is 15.0. The van der Waals surface area contributed by atoms with Crippen LogP contribution >= 0.6 is 0 Å². The summed E-state index contributed by atoms with van der Waals surface area (Å²) in [4.78, 5) is 240. The number of para-hydroxylation sites is 1. The topological polar surface area (TPSA) is 587 Å². The van der Waals surface area contributed by atoms with Gasteiger partial charge in [0.25, 0.3) is 0 Å². The number of phenolic OH excluding ortho intramolecular Hbond substituents is 1. The second kappa shape index (κ2) is 48.3. The van der Waals surface area contributed by atoms with E-state index in [1.807, 2.05) is 0 Å². The third kappa shape index (κ3) is 31.3. The first kappa shape index (κ1) is 97.9. The van der Waals surface area contributed by atoms with Gasteiger partial charge in [0.1, 0.15) is 84.3 Å². The SMILES string of the molecule is CC[C@H](C)[C@H](NC(=O)[C@H](CC(=O)O)NC(=O)[C@H](CC(C)C)NC(=O)[C@H](Cc1c[nH]cn1)NC(=O)[C@H](C)NC(=O)[C@H](Cc1ccccc1)NC(=O)[C@H](Cc1ccc(O)cc1)NC(=O)[C@@H](NC(=O)[C@H](C)NC(=O)[C@H](CCC(=O)O)NC(=O)[C@H](CCCCN)NC(C)=O)C(C)C)C(=O)N[C@H](C(=O)N[C@@H](Cc1cn(C=O)c2ccccc12)C(=O)O)[C@@H](C)CC. The van der Waals surface area contributed by atoms with Crippen LogP contribution in [-0.2, 0) is 107 Å². The van der Waals surface area contributed by atoms with Crippen molar-refractivity contribution >= 4 is 112 Å². The van der Waals surface area contributed by atoms with E-state index in [2.05, 4.69) is 79.1 Å². The number of phenols is 1. The third-order valence-electron chi connectivity index (χ3n) is 20.1. The molecule has 3 aromatic carbocycles. The van der Waals surface area contributed by atoms with Crippen LogP contribution in [0.25, 0.3) is 10.9 Å². The molecule has 38 nitrogen and oxygen atoms in total. The molecule has 5 rings (SSSR count). The zero-order valence-corrected chi connectivity index (χ0v) is 69.2. The van der Waals surface area contributed by atoms with Gasteiger partial charge in [0.15, 0.2) is 0 Å². The van der Waals surface area contributed by atoms with E-state index in [0.717, 1.165) is 0 Å². The maximum absolute atomic E-state index is 14.9. The molecule has 38 heteroatoms. The number of carbonyl (C=O) groups is 17. The molecule has 20 N–H and O–H groups in total. The summed E-state index contributed by atoms with van der Waals surface area (Å²) in [6.45, 7) is 17.2. The number of hydrogen-bond donors (Lipinski definition) is 19. The van der Waals surface area contributed by atoms with E-state index in [0.29, 0.717) is 59.8 Å². The number of aromatic amines is 1. The van der Waals surface area contributed by atoms with Crippen molar-refractivity contribution in [3.63, 3.8) is 0 Å². The molecule has 0 fully saturated rings. The third-order valence-corrected chi connectivity index (χ3v) is 20.1. The number of fused-ring (bicyclic) bond motifs is 1. The molecule has 120 heavy (non-hydrogen) atoms. The predicted octanol–water partition coefficient (Wildman–Crippen LogP) is 0.0884. The molecule has 0 aliphatic rings. The Morgan fingerprint density at radius 3 is 1.45 bits per heavy atom. The number of aromatic hydroxyl groups is 1. The lowest BCUT2D eigenvalue weighted by molar-refractivity contribution is -0.143. The van der Waals surface area contributed by atoms with Gasteiger partial charge in [0, 0.05) is 56.8 Å². The molecular formula is C82H115N17O21. The number of benzene rings is 3. The summed E-state index contributed by atoms with van der Waals surface area (Å²) < 4.78 is 1.27. The number of aliphatic carboxylic acids is 3. The number of carboxylic acid groups (broad SMARTS) is 3. The summed E-state index contributed by atoms with van der Waals surface area (Å²) >= 11 is 0. The van der Waals surface area contributed by atoms with E-state index in [9.17, 15) is 102 Å². The average Bonchev–Trinajstić information content (AvgIpc) is 1.65. The van der Waals surface area contributed by atoms with Crippen LogP contribution in [0.5, 0.6) is 5.75 Å². The first-order valence-corrected chi connectivity index (χ1v) is 39.9. The lowest BCUT2D eigenvalue weighted by Crippen LogP contribution is -2.62. The Balaban J connectivity index is 1.35. The van der Waals surface area contributed by atoms with E-state index in [4.69, 9.17) is 5.73 Å². The van der Waals surface area contributed by atoms with Crippen molar-refractivity contribution in [3.05, 3.63) is 120 Å². The van der Waals surface area contributed by atoms with E-state index < -0.39 is 216 Å². The van der Waals surface area contributed by atoms with Gasteiger partial charge in [-0.2, -0.15) is 0 Å². The average molecular weight is 1670 g/mol. The summed E-state index contributed by atoms with van der Waals surface area (Å²) in [5.74, 6) is -19.0. The van der Waals surface area contributed by atoms with Gasteiger partial charge in [-0.1, -0.05) is 129 Å². The van der Waals surface area contributed by atoms with Gasteiger partial charge in [-0.25, -0.2) is 9.78 Å².